The molecule has 0 N–H and O–H groups in total. The van der Waals surface area contributed by atoms with Crippen molar-refractivity contribution >= 4 is 29.3 Å². The van der Waals surface area contributed by atoms with Crippen LogP contribution in [0.3, 0.4) is 0 Å². The molecule has 1 rings (SSSR count). The molecule has 0 aromatic heterocycles. The zero-order valence-corrected chi connectivity index (χ0v) is 6.10. The highest BCUT2D eigenvalue weighted by Gasteiger charge is 2.35. The van der Waals surface area contributed by atoms with E-state index in [0.29, 0.717) is 6.54 Å². The van der Waals surface area contributed by atoms with Crippen LogP contribution in [-0.4, -0.2) is 28.5 Å². The lowest BCUT2D eigenvalue weighted by Gasteiger charge is -2.05. The Kier molecular flexibility index (Phi) is 1.67. The second kappa shape index (κ2) is 2.34. The van der Waals surface area contributed by atoms with E-state index in [0.717, 1.165) is 4.90 Å². The van der Waals surface area contributed by atoms with Crippen LogP contribution in [0.25, 0.3) is 0 Å². The van der Waals surface area contributed by atoms with Gasteiger partial charge in [0.05, 0.1) is 0 Å². The number of rotatable bonds is 1. The lowest BCUT2D eigenvalue weighted by Crippen LogP contribution is -2.29. The lowest BCUT2D eigenvalue weighted by molar-refractivity contribution is -0.147. The van der Waals surface area contributed by atoms with Gasteiger partial charge in [-0.1, -0.05) is 0 Å². The summed E-state index contributed by atoms with van der Waals surface area (Å²) in [6, 6.07) is 0. The molecule has 5 heteroatoms. The summed E-state index contributed by atoms with van der Waals surface area (Å²) in [4.78, 5) is 22.3. The summed E-state index contributed by atoms with van der Waals surface area (Å²) in [7, 11) is 0. The summed E-state index contributed by atoms with van der Waals surface area (Å²) < 4.78 is 4.35. The number of carbonyl (C=O) groups excluding carboxylic acids is 2. The highest BCUT2D eigenvalue weighted by molar-refractivity contribution is 7.80. The first-order valence-electron chi connectivity index (χ1n) is 2.74. The standard InChI is InChI=1S/C5H5NO3S/c1-2-6-3(7)4(8)9-5(6)10/h2H2,1H3. The lowest BCUT2D eigenvalue weighted by atomic mass is 10.5. The fourth-order valence-electron chi connectivity index (χ4n) is 0.644. The molecule has 1 amide bonds. The van der Waals surface area contributed by atoms with Crippen molar-refractivity contribution in [1.82, 2.24) is 4.90 Å². The van der Waals surface area contributed by atoms with Gasteiger partial charge < -0.3 is 4.74 Å². The summed E-state index contributed by atoms with van der Waals surface area (Å²) in [5, 5.41) is -0.0440. The first kappa shape index (κ1) is 7.14. The van der Waals surface area contributed by atoms with Crippen LogP contribution in [-0.2, 0) is 14.3 Å². The van der Waals surface area contributed by atoms with Gasteiger partial charge in [-0.25, -0.2) is 4.79 Å². The van der Waals surface area contributed by atoms with E-state index in [1.165, 1.54) is 0 Å². The molecule has 54 valence electrons. The monoisotopic (exact) mass is 159 g/mol. The first-order chi connectivity index (χ1) is 4.66. The van der Waals surface area contributed by atoms with Gasteiger partial charge in [-0.2, -0.15) is 0 Å². The summed E-state index contributed by atoms with van der Waals surface area (Å²) in [6.07, 6.45) is 0. The van der Waals surface area contributed by atoms with Crippen LogP contribution in [0.2, 0.25) is 0 Å². The highest BCUT2D eigenvalue weighted by Crippen LogP contribution is 2.05. The van der Waals surface area contributed by atoms with Crippen LogP contribution in [0.1, 0.15) is 6.92 Å². The van der Waals surface area contributed by atoms with Gasteiger partial charge in [0.1, 0.15) is 0 Å². The summed E-state index contributed by atoms with van der Waals surface area (Å²) in [5.41, 5.74) is 0. The molecular formula is C5H5NO3S. The number of nitrogens with zero attached hydrogens (tertiary/aromatic N) is 1. The molecule has 1 saturated heterocycles. The van der Waals surface area contributed by atoms with Crippen molar-refractivity contribution in [3.8, 4) is 0 Å². The molecule has 0 saturated carbocycles. The fraction of sp³-hybridized carbons (Fsp3) is 0.400. The third-order valence-electron chi connectivity index (χ3n) is 1.14. The molecule has 1 heterocycles. The van der Waals surface area contributed by atoms with Gasteiger partial charge in [-0.3, -0.25) is 9.69 Å². The minimum Gasteiger partial charge on any atom is -0.391 e. The Balaban J connectivity index is 2.84. The molecule has 0 unspecified atom stereocenters. The van der Waals surface area contributed by atoms with Crippen LogP contribution < -0.4 is 0 Å². The first-order valence-corrected chi connectivity index (χ1v) is 3.15. The van der Waals surface area contributed by atoms with Crippen LogP contribution >= 0.6 is 12.2 Å². The largest absolute Gasteiger partial charge is 0.404 e. The van der Waals surface area contributed by atoms with E-state index in [-0.39, 0.29) is 5.17 Å². The number of amides is 1. The minimum atomic E-state index is -0.883. The third-order valence-corrected chi connectivity index (χ3v) is 1.44. The molecule has 1 fully saturated rings. The number of hydrogen-bond acceptors (Lipinski definition) is 4. The van der Waals surface area contributed by atoms with Gasteiger partial charge in [0.15, 0.2) is 0 Å². The summed E-state index contributed by atoms with van der Waals surface area (Å²) in [5.74, 6) is -1.56. The second-order valence-corrected chi connectivity index (χ2v) is 2.05. The molecule has 0 aromatic carbocycles. The average molecular weight is 159 g/mol. The van der Waals surface area contributed by atoms with Crippen LogP contribution in [0.5, 0.6) is 0 Å². The Labute approximate surface area is 62.7 Å². The van der Waals surface area contributed by atoms with E-state index in [2.05, 4.69) is 17.0 Å². The van der Waals surface area contributed by atoms with E-state index in [1.54, 1.807) is 6.92 Å². The highest BCUT2D eigenvalue weighted by atomic mass is 32.1. The Morgan fingerprint density at radius 1 is 1.60 bits per heavy atom. The van der Waals surface area contributed by atoms with Crippen molar-refractivity contribution in [2.24, 2.45) is 0 Å². The Morgan fingerprint density at radius 3 is 2.40 bits per heavy atom. The van der Waals surface area contributed by atoms with Crippen molar-refractivity contribution in [2.75, 3.05) is 6.54 Å². The average Bonchev–Trinajstić information content (AvgIpc) is 2.09. The number of thiocarbonyl (C=S) groups is 1. The molecule has 0 spiro atoms. The quantitative estimate of drug-likeness (QED) is 0.299. The zero-order chi connectivity index (χ0) is 7.72. The summed E-state index contributed by atoms with van der Waals surface area (Å²) in [6.45, 7) is 2.09. The molecule has 0 atom stereocenters. The molecule has 0 aliphatic carbocycles. The van der Waals surface area contributed by atoms with Gasteiger partial charge in [0, 0.05) is 6.54 Å². The van der Waals surface area contributed by atoms with Crippen LogP contribution in [0, 0.1) is 0 Å². The Hall–Kier alpha value is -0.970. The molecule has 0 aromatic rings. The van der Waals surface area contributed by atoms with Gasteiger partial charge >= 0.3 is 11.9 Å². The summed E-state index contributed by atoms with van der Waals surface area (Å²) >= 11 is 4.56. The van der Waals surface area contributed by atoms with E-state index < -0.39 is 11.9 Å². The molecule has 0 bridgehead atoms. The third kappa shape index (κ3) is 0.881. The van der Waals surface area contributed by atoms with Gasteiger partial charge in [0.2, 0.25) is 0 Å². The second-order valence-electron chi connectivity index (χ2n) is 1.70. The number of hydrogen-bond donors (Lipinski definition) is 0. The molecule has 10 heavy (non-hydrogen) atoms. The maximum absolute atomic E-state index is 10.7. The predicted octanol–water partition coefficient (Wildman–Crippen LogP) is -0.323. The smallest absolute Gasteiger partial charge is 0.391 e. The molecule has 1 aliphatic heterocycles. The SMILES string of the molecule is CCN1C(=O)C(=O)OC1=S. The number of likely N-dealkylation sites (N-methyl/N-ethyl adjacent to an activating group) is 1. The van der Waals surface area contributed by atoms with Crippen molar-refractivity contribution < 1.29 is 14.3 Å². The van der Waals surface area contributed by atoms with Crippen molar-refractivity contribution in [1.29, 1.82) is 0 Å². The van der Waals surface area contributed by atoms with Crippen molar-refractivity contribution in [3.63, 3.8) is 0 Å². The fourth-order valence-corrected chi connectivity index (χ4v) is 0.932. The van der Waals surface area contributed by atoms with Crippen LogP contribution in [0.4, 0.5) is 0 Å². The molecule has 1 aliphatic rings. The maximum Gasteiger partial charge on any atom is 0.404 e. The normalized spacial score (nSPS) is 18.1. The number of cyclic esters (lactones) is 1. The van der Waals surface area contributed by atoms with E-state index in [9.17, 15) is 9.59 Å². The maximum atomic E-state index is 10.7. The van der Waals surface area contributed by atoms with Gasteiger partial charge in [0.25, 0.3) is 5.17 Å². The predicted molar refractivity (Wildman–Crippen MR) is 36.1 cm³/mol. The number of esters is 1. The van der Waals surface area contributed by atoms with E-state index >= 15 is 0 Å². The Bertz CT molecular complexity index is 213. The minimum absolute atomic E-state index is 0.0440. The zero-order valence-electron chi connectivity index (χ0n) is 5.29. The van der Waals surface area contributed by atoms with Crippen molar-refractivity contribution in [2.45, 2.75) is 6.92 Å². The molecular weight excluding hydrogens is 154 g/mol. The Morgan fingerprint density at radius 2 is 2.20 bits per heavy atom. The van der Waals surface area contributed by atoms with Gasteiger partial charge in [-0.05, 0) is 19.1 Å². The van der Waals surface area contributed by atoms with E-state index in [4.69, 9.17) is 0 Å². The van der Waals surface area contributed by atoms with Crippen LogP contribution in [0.15, 0.2) is 0 Å². The van der Waals surface area contributed by atoms with Crippen molar-refractivity contribution in [3.05, 3.63) is 0 Å². The molecule has 0 radical (unpaired) electrons. The van der Waals surface area contributed by atoms with E-state index in [1.807, 2.05) is 0 Å². The number of carbonyl (C=O) groups is 2. The van der Waals surface area contributed by atoms with Gasteiger partial charge in [-0.15, -0.1) is 0 Å². The molecule has 4 nitrogen and oxygen atoms in total. The number of ether oxygens (including phenoxy) is 1. The topological polar surface area (TPSA) is 46.6 Å².